The van der Waals surface area contributed by atoms with Crippen LogP contribution in [0.15, 0.2) is 30.3 Å². The van der Waals surface area contributed by atoms with Crippen molar-refractivity contribution in [3.63, 3.8) is 0 Å². The number of carbonyl (C=O) groups excluding carboxylic acids is 1. The van der Waals surface area contributed by atoms with Gasteiger partial charge in [0.2, 0.25) is 5.91 Å². The maximum absolute atomic E-state index is 13.0. The number of benzene rings is 1. The molecule has 5 heteroatoms. The SMILES string of the molecule is COC[C@@H]1[C@@H]2CCC3(C[C@H]1N(Cc1ccccc1)C2=O)OCCO3. The van der Waals surface area contributed by atoms with E-state index in [1.165, 1.54) is 0 Å². The normalized spacial score (nSPS) is 31.6. The summed E-state index contributed by atoms with van der Waals surface area (Å²) in [6.07, 6.45) is 2.37. The molecule has 1 spiro atoms. The van der Waals surface area contributed by atoms with E-state index in [2.05, 4.69) is 12.1 Å². The first-order valence-corrected chi connectivity index (χ1v) is 8.84. The van der Waals surface area contributed by atoms with Gasteiger partial charge in [-0.25, -0.2) is 0 Å². The Hall–Kier alpha value is -1.43. The molecule has 1 aromatic carbocycles. The Morgan fingerprint density at radius 1 is 1.25 bits per heavy atom. The minimum Gasteiger partial charge on any atom is -0.384 e. The Morgan fingerprint density at radius 2 is 2.00 bits per heavy atom. The van der Waals surface area contributed by atoms with Crippen LogP contribution in [-0.4, -0.2) is 49.6 Å². The second-order valence-corrected chi connectivity index (χ2v) is 7.10. The standard InChI is InChI=1S/C19H25NO4/c1-22-13-16-15-7-8-19(23-9-10-24-19)11-17(16)20(18(15)21)12-14-5-3-2-4-6-14/h2-6,15-17H,7-13H2,1H3/t15-,16+,17+/m0/s1. The molecule has 5 nitrogen and oxygen atoms in total. The van der Waals surface area contributed by atoms with Gasteiger partial charge in [-0.15, -0.1) is 0 Å². The van der Waals surface area contributed by atoms with E-state index in [0.29, 0.717) is 26.4 Å². The zero-order valence-corrected chi connectivity index (χ0v) is 14.1. The molecule has 1 saturated carbocycles. The lowest BCUT2D eigenvalue weighted by molar-refractivity contribution is -0.179. The first-order valence-electron chi connectivity index (χ1n) is 8.84. The molecule has 0 unspecified atom stereocenters. The number of ether oxygens (including phenoxy) is 3. The Balaban J connectivity index is 1.62. The second-order valence-electron chi connectivity index (χ2n) is 7.10. The van der Waals surface area contributed by atoms with Crippen molar-refractivity contribution in [2.45, 2.75) is 37.6 Å². The largest absolute Gasteiger partial charge is 0.384 e. The van der Waals surface area contributed by atoms with Crippen molar-refractivity contribution >= 4 is 5.91 Å². The van der Waals surface area contributed by atoms with Crippen molar-refractivity contribution in [3.05, 3.63) is 35.9 Å². The van der Waals surface area contributed by atoms with Crippen LogP contribution in [0.3, 0.4) is 0 Å². The van der Waals surface area contributed by atoms with E-state index in [4.69, 9.17) is 14.2 Å². The van der Waals surface area contributed by atoms with E-state index >= 15 is 0 Å². The van der Waals surface area contributed by atoms with Gasteiger partial charge in [0.1, 0.15) is 0 Å². The maximum Gasteiger partial charge on any atom is 0.226 e. The topological polar surface area (TPSA) is 48.0 Å². The summed E-state index contributed by atoms with van der Waals surface area (Å²) in [4.78, 5) is 15.1. The minimum atomic E-state index is -0.499. The predicted octanol–water partition coefficient (Wildman–Crippen LogP) is 2.20. The first-order chi connectivity index (χ1) is 11.7. The number of amides is 1. The molecular formula is C19H25NO4. The molecule has 0 radical (unpaired) electrons. The summed E-state index contributed by atoms with van der Waals surface area (Å²) in [6, 6.07) is 10.3. The molecule has 2 bridgehead atoms. The Morgan fingerprint density at radius 3 is 2.71 bits per heavy atom. The summed E-state index contributed by atoms with van der Waals surface area (Å²) >= 11 is 0. The summed E-state index contributed by atoms with van der Waals surface area (Å²) in [5, 5.41) is 0. The van der Waals surface area contributed by atoms with Crippen LogP contribution in [0.4, 0.5) is 0 Å². The number of nitrogens with zero attached hydrogens (tertiary/aromatic N) is 1. The molecule has 24 heavy (non-hydrogen) atoms. The molecule has 2 saturated heterocycles. The van der Waals surface area contributed by atoms with Crippen LogP contribution in [0.5, 0.6) is 0 Å². The van der Waals surface area contributed by atoms with Gasteiger partial charge in [-0.1, -0.05) is 30.3 Å². The fourth-order valence-electron chi connectivity index (χ4n) is 4.61. The smallest absolute Gasteiger partial charge is 0.226 e. The van der Waals surface area contributed by atoms with Crippen molar-refractivity contribution in [1.29, 1.82) is 0 Å². The van der Waals surface area contributed by atoms with E-state index in [1.54, 1.807) is 7.11 Å². The number of rotatable bonds is 4. The van der Waals surface area contributed by atoms with E-state index in [-0.39, 0.29) is 23.8 Å². The van der Waals surface area contributed by atoms with Crippen molar-refractivity contribution in [2.75, 3.05) is 26.9 Å². The zero-order valence-electron chi connectivity index (χ0n) is 14.1. The first kappa shape index (κ1) is 16.1. The number of hydrogen-bond acceptors (Lipinski definition) is 4. The van der Waals surface area contributed by atoms with Crippen LogP contribution in [0, 0.1) is 11.8 Å². The molecular weight excluding hydrogens is 306 g/mol. The summed E-state index contributed by atoms with van der Waals surface area (Å²) in [7, 11) is 1.72. The van der Waals surface area contributed by atoms with Gasteiger partial charge < -0.3 is 19.1 Å². The zero-order chi connectivity index (χ0) is 16.6. The van der Waals surface area contributed by atoms with Gasteiger partial charge >= 0.3 is 0 Å². The molecule has 1 aromatic rings. The van der Waals surface area contributed by atoms with Gasteiger partial charge in [0.25, 0.3) is 0 Å². The Kier molecular flexibility index (Phi) is 4.33. The summed E-state index contributed by atoms with van der Waals surface area (Å²) in [5.41, 5.74) is 1.16. The van der Waals surface area contributed by atoms with Gasteiger partial charge in [0.15, 0.2) is 5.79 Å². The fourth-order valence-corrected chi connectivity index (χ4v) is 4.61. The molecule has 0 N–H and O–H groups in total. The van der Waals surface area contributed by atoms with Crippen LogP contribution in [0.2, 0.25) is 0 Å². The van der Waals surface area contributed by atoms with E-state index in [9.17, 15) is 4.79 Å². The average Bonchev–Trinajstić information content (AvgIpc) is 3.09. The molecule has 0 aromatic heterocycles. The van der Waals surface area contributed by atoms with Crippen LogP contribution in [0.1, 0.15) is 24.8 Å². The average molecular weight is 331 g/mol. The van der Waals surface area contributed by atoms with Crippen molar-refractivity contribution in [2.24, 2.45) is 11.8 Å². The molecule has 1 amide bonds. The lowest BCUT2D eigenvalue weighted by atomic mass is 9.90. The van der Waals surface area contributed by atoms with E-state index < -0.39 is 5.79 Å². The van der Waals surface area contributed by atoms with E-state index in [1.807, 2.05) is 23.1 Å². The predicted molar refractivity (Wildman–Crippen MR) is 88.1 cm³/mol. The van der Waals surface area contributed by atoms with Crippen molar-refractivity contribution in [1.82, 2.24) is 4.90 Å². The van der Waals surface area contributed by atoms with Gasteiger partial charge in [-0.05, 0) is 12.0 Å². The quantitative estimate of drug-likeness (QED) is 0.849. The van der Waals surface area contributed by atoms with Crippen molar-refractivity contribution in [3.8, 4) is 0 Å². The van der Waals surface area contributed by atoms with Gasteiger partial charge in [0, 0.05) is 44.4 Å². The van der Waals surface area contributed by atoms with Crippen LogP contribution in [-0.2, 0) is 25.5 Å². The highest BCUT2D eigenvalue weighted by atomic mass is 16.7. The third kappa shape index (κ3) is 2.75. The van der Waals surface area contributed by atoms with Gasteiger partial charge in [0.05, 0.1) is 19.8 Å². The van der Waals surface area contributed by atoms with Gasteiger partial charge in [-0.3, -0.25) is 4.79 Å². The third-order valence-electron chi connectivity index (χ3n) is 5.74. The molecule has 130 valence electrons. The highest BCUT2D eigenvalue weighted by Gasteiger charge is 2.55. The van der Waals surface area contributed by atoms with E-state index in [0.717, 1.165) is 24.8 Å². The molecule has 1 aliphatic carbocycles. The van der Waals surface area contributed by atoms with Gasteiger partial charge in [-0.2, -0.15) is 0 Å². The fraction of sp³-hybridized carbons (Fsp3) is 0.632. The van der Waals surface area contributed by atoms with Crippen LogP contribution < -0.4 is 0 Å². The lowest BCUT2D eigenvalue weighted by Gasteiger charge is -2.35. The number of likely N-dealkylation sites (tertiary alicyclic amines) is 1. The summed E-state index contributed by atoms with van der Waals surface area (Å²) < 4.78 is 17.4. The summed E-state index contributed by atoms with van der Waals surface area (Å²) in [6.45, 7) is 2.57. The minimum absolute atomic E-state index is 0.0193. The lowest BCUT2D eigenvalue weighted by Crippen LogP contribution is -2.44. The Bertz CT molecular complexity index is 584. The van der Waals surface area contributed by atoms with Crippen molar-refractivity contribution < 1.29 is 19.0 Å². The number of fused-ring (bicyclic) bond motifs is 2. The maximum atomic E-state index is 13.0. The highest BCUT2D eigenvalue weighted by Crippen LogP contribution is 2.46. The molecule has 3 atom stereocenters. The molecule has 3 fully saturated rings. The molecule has 2 aliphatic heterocycles. The number of methoxy groups -OCH3 is 1. The second kappa shape index (κ2) is 6.47. The Labute approximate surface area is 142 Å². The number of carbonyl (C=O) groups is 1. The number of hydrogen-bond donors (Lipinski definition) is 0. The molecule has 4 rings (SSSR count). The summed E-state index contributed by atoms with van der Waals surface area (Å²) in [5.74, 6) is 0.00379. The van der Waals surface area contributed by atoms with Crippen LogP contribution >= 0.6 is 0 Å². The van der Waals surface area contributed by atoms with Crippen LogP contribution in [0.25, 0.3) is 0 Å². The molecule has 2 heterocycles. The monoisotopic (exact) mass is 331 g/mol. The third-order valence-corrected chi connectivity index (χ3v) is 5.74. The molecule has 3 aliphatic rings. The highest BCUT2D eigenvalue weighted by molar-refractivity contribution is 5.82.